The van der Waals surface area contributed by atoms with E-state index in [0.717, 1.165) is 18.7 Å². The predicted octanol–water partition coefficient (Wildman–Crippen LogP) is 1.77. The molecule has 0 spiro atoms. The standard InChI is InChI=1S/C17H20N2O3/c20-15(16-7-4-12-22-16)13-18-8-10-19(11-9-18)17(21)14-5-2-1-3-6-14/h1-7,12,15,20H,8-11,13H2/t15-/m0/s1. The van der Waals surface area contributed by atoms with Crippen molar-refractivity contribution in [2.45, 2.75) is 6.10 Å². The number of piperazine rings is 1. The molecule has 1 amide bonds. The summed E-state index contributed by atoms with van der Waals surface area (Å²) in [6.45, 7) is 3.41. The van der Waals surface area contributed by atoms with E-state index in [2.05, 4.69) is 4.90 Å². The van der Waals surface area contributed by atoms with Crippen LogP contribution in [-0.2, 0) is 0 Å². The Morgan fingerprint density at radius 3 is 2.45 bits per heavy atom. The summed E-state index contributed by atoms with van der Waals surface area (Å²) < 4.78 is 5.21. The van der Waals surface area contributed by atoms with E-state index in [1.54, 1.807) is 18.4 Å². The van der Waals surface area contributed by atoms with Gasteiger partial charge in [-0.25, -0.2) is 0 Å². The molecule has 1 N–H and O–H groups in total. The van der Waals surface area contributed by atoms with Crippen LogP contribution in [0.1, 0.15) is 22.2 Å². The Hall–Kier alpha value is -2.11. The molecule has 2 aromatic rings. The maximum absolute atomic E-state index is 12.4. The molecule has 0 unspecified atom stereocenters. The van der Waals surface area contributed by atoms with Crippen LogP contribution in [0.25, 0.3) is 0 Å². The molecule has 116 valence electrons. The zero-order chi connectivity index (χ0) is 15.4. The van der Waals surface area contributed by atoms with Crippen molar-refractivity contribution in [3.8, 4) is 0 Å². The van der Waals surface area contributed by atoms with Gasteiger partial charge in [0.2, 0.25) is 0 Å². The zero-order valence-corrected chi connectivity index (χ0v) is 12.4. The zero-order valence-electron chi connectivity index (χ0n) is 12.4. The first-order valence-corrected chi connectivity index (χ1v) is 7.52. The molecule has 1 fully saturated rings. The van der Waals surface area contributed by atoms with Crippen molar-refractivity contribution in [2.75, 3.05) is 32.7 Å². The predicted molar refractivity (Wildman–Crippen MR) is 82.5 cm³/mol. The van der Waals surface area contributed by atoms with Gasteiger partial charge < -0.3 is 14.4 Å². The molecular weight excluding hydrogens is 280 g/mol. The SMILES string of the molecule is O=C(c1ccccc1)N1CCN(C[C@H](O)c2ccco2)CC1. The normalized spacial score (nSPS) is 17.4. The number of carbonyl (C=O) groups is 1. The lowest BCUT2D eigenvalue weighted by molar-refractivity contribution is 0.0486. The summed E-state index contributed by atoms with van der Waals surface area (Å²) in [5.41, 5.74) is 0.728. The second-order valence-electron chi connectivity index (χ2n) is 5.49. The van der Waals surface area contributed by atoms with Crippen LogP contribution in [0.2, 0.25) is 0 Å². The van der Waals surface area contributed by atoms with E-state index in [-0.39, 0.29) is 5.91 Å². The van der Waals surface area contributed by atoms with Gasteiger partial charge in [0.15, 0.2) is 0 Å². The highest BCUT2D eigenvalue weighted by atomic mass is 16.4. The molecular formula is C17H20N2O3. The Bertz CT molecular complexity index is 590. The highest BCUT2D eigenvalue weighted by molar-refractivity contribution is 5.94. The van der Waals surface area contributed by atoms with Crippen LogP contribution in [0.4, 0.5) is 0 Å². The third-order valence-electron chi connectivity index (χ3n) is 3.98. The van der Waals surface area contributed by atoms with Gasteiger partial charge in [0.25, 0.3) is 5.91 Å². The molecule has 0 aliphatic carbocycles. The first-order valence-electron chi connectivity index (χ1n) is 7.52. The fourth-order valence-corrected chi connectivity index (χ4v) is 2.71. The third-order valence-corrected chi connectivity index (χ3v) is 3.98. The molecule has 5 nitrogen and oxygen atoms in total. The van der Waals surface area contributed by atoms with Crippen LogP contribution in [0.3, 0.4) is 0 Å². The topological polar surface area (TPSA) is 56.9 Å². The maximum atomic E-state index is 12.4. The van der Waals surface area contributed by atoms with Crippen molar-refractivity contribution in [2.24, 2.45) is 0 Å². The van der Waals surface area contributed by atoms with Gasteiger partial charge in [-0.15, -0.1) is 0 Å². The number of rotatable bonds is 4. The van der Waals surface area contributed by atoms with Crippen molar-refractivity contribution in [3.63, 3.8) is 0 Å². The monoisotopic (exact) mass is 300 g/mol. The number of aliphatic hydroxyl groups excluding tert-OH is 1. The number of furan rings is 1. The Kier molecular flexibility index (Phi) is 4.56. The largest absolute Gasteiger partial charge is 0.467 e. The van der Waals surface area contributed by atoms with Gasteiger partial charge in [-0.05, 0) is 24.3 Å². The molecule has 1 aliphatic heterocycles. The number of hydrogen-bond donors (Lipinski definition) is 1. The van der Waals surface area contributed by atoms with Gasteiger partial charge in [-0.1, -0.05) is 18.2 Å². The molecule has 1 aliphatic rings. The Morgan fingerprint density at radius 1 is 1.09 bits per heavy atom. The number of amides is 1. The van der Waals surface area contributed by atoms with Gasteiger partial charge in [-0.3, -0.25) is 9.69 Å². The molecule has 1 atom stereocenters. The lowest BCUT2D eigenvalue weighted by atomic mass is 10.1. The highest BCUT2D eigenvalue weighted by Crippen LogP contribution is 2.16. The quantitative estimate of drug-likeness (QED) is 0.935. The molecule has 0 radical (unpaired) electrons. The Morgan fingerprint density at radius 2 is 1.82 bits per heavy atom. The minimum Gasteiger partial charge on any atom is -0.467 e. The molecule has 5 heteroatoms. The van der Waals surface area contributed by atoms with Crippen molar-refractivity contribution >= 4 is 5.91 Å². The van der Waals surface area contributed by atoms with E-state index < -0.39 is 6.10 Å². The fraction of sp³-hybridized carbons (Fsp3) is 0.353. The first-order chi connectivity index (χ1) is 10.7. The number of aliphatic hydroxyl groups is 1. The lowest BCUT2D eigenvalue weighted by Gasteiger charge is -2.35. The van der Waals surface area contributed by atoms with Crippen LogP contribution in [0, 0.1) is 0 Å². The summed E-state index contributed by atoms with van der Waals surface area (Å²) in [5, 5.41) is 10.1. The smallest absolute Gasteiger partial charge is 0.253 e. The maximum Gasteiger partial charge on any atom is 0.253 e. The molecule has 0 saturated carbocycles. The van der Waals surface area contributed by atoms with Crippen molar-refractivity contribution in [3.05, 3.63) is 60.1 Å². The van der Waals surface area contributed by atoms with Gasteiger partial charge >= 0.3 is 0 Å². The van der Waals surface area contributed by atoms with Gasteiger partial charge in [-0.2, -0.15) is 0 Å². The first kappa shape index (κ1) is 14.8. The van der Waals surface area contributed by atoms with Gasteiger partial charge in [0.1, 0.15) is 11.9 Å². The number of hydrogen-bond acceptors (Lipinski definition) is 4. The average Bonchev–Trinajstić information content (AvgIpc) is 3.10. The summed E-state index contributed by atoms with van der Waals surface area (Å²) in [4.78, 5) is 16.4. The van der Waals surface area contributed by atoms with Crippen LogP contribution < -0.4 is 0 Å². The Labute approximate surface area is 129 Å². The second kappa shape index (κ2) is 6.77. The van der Waals surface area contributed by atoms with Gasteiger partial charge in [0.05, 0.1) is 6.26 Å². The summed E-state index contributed by atoms with van der Waals surface area (Å²) in [5.74, 6) is 0.662. The van der Waals surface area contributed by atoms with E-state index in [9.17, 15) is 9.90 Å². The summed E-state index contributed by atoms with van der Waals surface area (Å²) in [6.07, 6.45) is 0.945. The molecule has 2 heterocycles. The Balaban J connectivity index is 1.51. The molecule has 1 saturated heterocycles. The van der Waals surface area contributed by atoms with E-state index in [0.29, 0.717) is 25.4 Å². The highest BCUT2D eigenvalue weighted by Gasteiger charge is 2.24. The fourth-order valence-electron chi connectivity index (χ4n) is 2.71. The molecule has 1 aromatic carbocycles. The molecule has 0 bridgehead atoms. The molecule has 22 heavy (non-hydrogen) atoms. The molecule has 1 aromatic heterocycles. The lowest BCUT2D eigenvalue weighted by Crippen LogP contribution is -2.49. The van der Waals surface area contributed by atoms with Crippen molar-refractivity contribution in [1.82, 2.24) is 9.80 Å². The van der Waals surface area contributed by atoms with E-state index in [1.807, 2.05) is 35.2 Å². The van der Waals surface area contributed by atoms with E-state index in [4.69, 9.17) is 4.42 Å². The number of β-amino-alcohol motifs (C(OH)–C–C–N with tert-alkyl or cyclic N) is 1. The average molecular weight is 300 g/mol. The summed E-state index contributed by atoms with van der Waals surface area (Å²) in [7, 11) is 0. The minimum atomic E-state index is -0.619. The van der Waals surface area contributed by atoms with Crippen LogP contribution in [-0.4, -0.2) is 53.5 Å². The van der Waals surface area contributed by atoms with Crippen molar-refractivity contribution < 1.29 is 14.3 Å². The van der Waals surface area contributed by atoms with Gasteiger partial charge in [0, 0.05) is 38.3 Å². The number of carbonyl (C=O) groups excluding carboxylic acids is 1. The molecule has 3 rings (SSSR count). The van der Waals surface area contributed by atoms with Crippen molar-refractivity contribution in [1.29, 1.82) is 0 Å². The van der Waals surface area contributed by atoms with E-state index in [1.165, 1.54) is 0 Å². The van der Waals surface area contributed by atoms with Crippen LogP contribution in [0.5, 0.6) is 0 Å². The van der Waals surface area contributed by atoms with Crippen LogP contribution >= 0.6 is 0 Å². The number of nitrogens with zero attached hydrogens (tertiary/aromatic N) is 2. The minimum absolute atomic E-state index is 0.0758. The summed E-state index contributed by atoms with van der Waals surface area (Å²) >= 11 is 0. The van der Waals surface area contributed by atoms with E-state index >= 15 is 0 Å². The second-order valence-corrected chi connectivity index (χ2v) is 5.49. The van der Waals surface area contributed by atoms with Crippen LogP contribution in [0.15, 0.2) is 53.1 Å². The number of benzene rings is 1. The summed E-state index contributed by atoms with van der Waals surface area (Å²) in [6, 6.07) is 12.9. The third kappa shape index (κ3) is 3.37.